The lowest BCUT2D eigenvalue weighted by atomic mass is 10.1. The molecule has 0 aliphatic carbocycles. The summed E-state index contributed by atoms with van der Waals surface area (Å²) in [5.74, 6) is 2.52. The molecule has 3 N–H and O–H groups in total. The summed E-state index contributed by atoms with van der Waals surface area (Å²) in [4.78, 5) is 36.4. The molecule has 12 nitrogen and oxygen atoms in total. The number of nitrogens with one attached hydrogen (secondary N) is 3. The third-order valence-electron chi connectivity index (χ3n) is 7.15. The lowest BCUT2D eigenvalue weighted by Gasteiger charge is -2.33. The summed E-state index contributed by atoms with van der Waals surface area (Å²) in [6, 6.07) is 10.9. The molecule has 3 amide bonds. The molecule has 0 saturated carbocycles. The molecule has 0 bridgehead atoms. The second-order valence-corrected chi connectivity index (χ2v) is 11.8. The number of halogens is 1. The molecule has 13 heteroatoms. The molecule has 4 heterocycles. The highest BCUT2D eigenvalue weighted by atomic mass is 35.5. The Kier molecular flexibility index (Phi) is 11.0. The van der Waals surface area contributed by atoms with E-state index in [1.165, 1.54) is 0 Å². The summed E-state index contributed by atoms with van der Waals surface area (Å²) in [7, 11) is 0. The number of rotatable bonds is 4. The summed E-state index contributed by atoms with van der Waals surface area (Å²) in [6.45, 7) is 8.90. The Morgan fingerprint density at radius 1 is 0.795 bits per heavy atom. The van der Waals surface area contributed by atoms with E-state index >= 15 is 0 Å². The number of hydrogen-bond acceptors (Lipinski definition) is 9. The molecule has 240 valence electrons. The molecule has 2 aromatic rings. The van der Waals surface area contributed by atoms with Crippen molar-refractivity contribution < 1.29 is 38.1 Å². The van der Waals surface area contributed by atoms with Gasteiger partial charge in [0.1, 0.15) is 40.8 Å². The van der Waals surface area contributed by atoms with Crippen molar-refractivity contribution in [1.29, 1.82) is 0 Å². The van der Waals surface area contributed by atoms with Crippen LogP contribution in [0.2, 0.25) is 0 Å². The van der Waals surface area contributed by atoms with Crippen molar-refractivity contribution in [2.45, 2.75) is 64.3 Å². The Labute approximate surface area is 263 Å². The summed E-state index contributed by atoms with van der Waals surface area (Å²) < 4.78 is 27.9. The van der Waals surface area contributed by atoms with E-state index in [4.69, 9.17) is 23.7 Å². The van der Waals surface area contributed by atoms with E-state index in [1.54, 1.807) is 17.0 Å². The van der Waals surface area contributed by atoms with E-state index in [-0.39, 0.29) is 55.7 Å². The molecule has 0 spiro atoms. The van der Waals surface area contributed by atoms with E-state index in [0.717, 1.165) is 44.5 Å². The molecule has 2 aromatic carbocycles. The van der Waals surface area contributed by atoms with Crippen molar-refractivity contribution in [3.05, 3.63) is 36.4 Å². The SMILES string of the molecule is CC(C)(C)OC(=O)N1CCC(Oc2ccc3c(c2)NC(=O)CO3)CC1.Cl.O=C1COc2ccc(OC3CCNCC3)cc2N1. The quantitative estimate of drug-likeness (QED) is 0.449. The number of amides is 3. The fourth-order valence-corrected chi connectivity index (χ4v) is 5.05. The average Bonchev–Trinajstić information content (AvgIpc) is 2.97. The van der Waals surface area contributed by atoms with Crippen molar-refractivity contribution in [2.24, 2.45) is 0 Å². The predicted octanol–water partition coefficient (Wildman–Crippen LogP) is 4.37. The fourth-order valence-electron chi connectivity index (χ4n) is 5.05. The van der Waals surface area contributed by atoms with Crippen LogP contribution in [0, 0.1) is 0 Å². The van der Waals surface area contributed by atoms with Gasteiger partial charge in [0.2, 0.25) is 0 Å². The number of carbonyl (C=O) groups is 3. The number of nitrogens with zero attached hydrogens (tertiary/aromatic N) is 1. The Morgan fingerprint density at radius 3 is 1.75 bits per heavy atom. The smallest absolute Gasteiger partial charge is 0.410 e. The molecule has 0 radical (unpaired) electrons. The van der Waals surface area contributed by atoms with Crippen LogP contribution in [-0.4, -0.2) is 80.0 Å². The van der Waals surface area contributed by atoms with E-state index in [0.29, 0.717) is 41.7 Å². The minimum Gasteiger partial charge on any atom is -0.490 e. The van der Waals surface area contributed by atoms with Crippen LogP contribution in [0.3, 0.4) is 0 Å². The van der Waals surface area contributed by atoms with Crippen molar-refractivity contribution in [1.82, 2.24) is 10.2 Å². The van der Waals surface area contributed by atoms with Gasteiger partial charge in [-0.15, -0.1) is 12.4 Å². The number of ether oxygens (including phenoxy) is 5. The van der Waals surface area contributed by atoms with Gasteiger partial charge in [0.15, 0.2) is 13.2 Å². The Bertz CT molecular complexity index is 1320. The van der Waals surface area contributed by atoms with Gasteiger partial charge in [-0.25, -0.2) is 4.79 Å². The zero-order chi connectivity index (χ0) is 30.4. The molecule has 44 heavy (non-hydrogen) atoms. The average molecular weight is 633 g/mol. The number of benzene rings is 2. The highest BCUT2D eigenvalue weighted by Crippen LogP contribution is 2.33. The molecule has 0 atom stereocenters. The largest absolute Gasteiger partial charge is 0.490 e. The topological polar surface area (TPSA) is 137 Å². The molecule has 0 aromatic heterocycles. The lowest BCUT2D eigenvalue weighted by molar-refractivity contribution is -0.119. The van der Waals surface area contributed by atoms with Gasteiger partial charge in [0.25, 0.3) is 11.8 Å². The van der Waals surface area contributed by atoms with Crippen LogP contribution in [0.5, 0.6) is 23.0 Å². The van der Waals surface area contributed by atoms with Gasteiger partial charge >= 0.3 is 6.09 Å². The number of hydrogen-bond donors (Lipinski definition) is 3. The van der Waals surface area contributed by atoms with Crippen LogP contribution < -0.4 is 34.9 Å². The van der Waals surface area contributed by atoms with Gasteiger partial charge in [-0.1, -0.05) is 0 Å². The number of likely N-dealkylation sites (tertiary alicyclic amines) is 1. The van der Waals surface area contributed by atoms with E-state index in [9.17, 15) is 14.4 Å². The second kappa shape index (κ2) is 14.7. The molecular formula is C31H41ClN4O8. The molecular weight excluding hydrogens is 592 g/mol. The van der Waals surface area contributed by atoms with Crippen molar-refractivity contribution in [3.8, 4) is 23.0 Å². The first-order valence-electron chi connectivity index (χ1n) is 14.8. The van der Waals surface area contributed by atoms with Crippen LogP contribution in [-0.2, 0) is 14.3 Å². The van der Waals surface area contributed by atoms with E-state index in [2.05, 4.69) is 16.0 Å². The monoisotopic (exact) mass is 632 g/mol. The van der Waals surface area contributed by atoms with Crippen LogP contribution >= 0.6 is 12.4 Å². The van der Waals surface area contributed by atoms with Crippen LogP contribution in [0.1, 0.15) is 46.5 Å². The molecule has 0 unspecified atom stereocenters. The summed E-state index contributed by atoms with van der Waals surface area (Å²) in [5, 5.41) is 8.85. The van der Waals surface area contributed by atoms with Gasteiger partial charge in [-0.2, -0.15) is 0 Å². The van der Waals surface area contributed by atoms with Gasteiger partial charge in [-0.05, 0) is 71.0 Å². The van der Waals surface area contributed by atoms with E-state index < -0.39 is 5.60 Å². The van der Waals surface area contributed by atoms with Crippen molar-refractivity contribution in [2.75, 3.05) is 50.0 Å². The van der Waals surface area contributed by atoms with Crippen molar-refractivity contribution >= 4 is 41.7 Å². The number of carbonyl (C=O) groups excluding carboxylic acids is 3. The van der Waals surface area contributed by atoms with Gasteiger partial charge in [0, 0.05) is 38.1 Å². The predicted molar refractivity (Wildman–Crippen MR) is 166 cm³/mol. The third-order valence-corrected chi connectivity index (χ3v) is 7.15. The maximum absolute atomic E-state index is 12.1. The molecule has 2 fully saturated rings. The zero-order valence-corrected chi connectivity index (χ0v) is 26.1. The number of fused-ring (bicyclic) bond motifs is 2. The molecule has 6 rings (SSSR count). The van der Waals surface area contributed by atoms with Crippen LogP contribution in [0.15, 0.2) is 36.4 Å². The van der Waals surface area contributed by atoms with Gasteiger partial charge < -0.3 is 44.5 Å². The molecule has 4 aliphatic rings. The summed E-state index contributed by atoms with van der Waals surface area (Å²) in [5.41, 5.74) is 0.831. The number of piperidine rings is 2. The first-order valence-corrected chi connectivity index (χ1v) is 14.8. The van der Waals surface area contributed by atoms with Crippen molar-refractivity contribution in [3.63, 3.8) is 0 Å². The maximum atomic E-state index is 12.1. The highest BCUT2D eigenvalue weighted by Gasteiger charge is 2.28. The Hall–Kier alpha value is -3.90. The fraction of sp³-hybridized carbons (Fsp3) is 0.516. The Morgan fingerprint density at radius 2 is 1.27 bits per heavy atom. The number of anilines is 2. The minimum absolute atomic E-state index is 0. The zero-order valence-electron chi connectivity index (χ0n) is 25.3. The van der Waals surface area contributed by atoms with Crippen LogP contribution in [0.25, 0.3) is 0 Å². The molecule has 2 saturated heterocycles. The summed E-state index contributed by atoms with van der Waals surface area (Å²) >= 11 is 0. The third kappa shape index (κ3) is 9.30. The van der Waals surface area contributed by atoms with Gasteiger partial charge in [0.05, 0.1) is 11.4 Å². The second-order valence-electron chi connectivity index (χ2n) is 11.8. The standard InChI is InChI=1S/C18H24N2O5.C13H16N2O3.ClH/c1-18(2,3)25-17(22)20-8-6-12(7-9-20)24-13-4-5-15-14(10-13)19-16(21)11-23-15;16-13-8-17-12-2-1-10(7-11(12)15-13)18-9-3-5-14-6-4-9;/h4-5,10,12H,6-9,11H2,1-3H3,(H,19,21);1-2,7,9,14H,3-6,8H2,(H,15,16);1H. The Balaban J connectivity index is 0.000000206. The minimum atomic E-state index is -0.486. The lowest BCUT2D eigenvalue weighted by Crippen LogP contribution is -2.44. The maximum Gasteiger partial charge on any atom is 0.410 e. The normalized spacial score (nSPS) is 18.3. The first-order chi connectivity index (χ1) is 20.6. The highest BCUT2D eigenvalue weighted by molar-refractivity contribution is 5.96. The first kappa shape index (κ1) is 33.0. The van der Waals surface area contributed by atoms with Gasteiger partial charge in [-0.3, -0.25) is 9.59 Å². The summed E-state index contributed by atoms with van der Waals surface area (Å²) in [6.07, 6.45) is 3.50. The molecule has 4 aliphatic heterocycles. The van der Waals surface area contributed by atoms with Crippen LogP contribution in [0.4, 0.5) is 16.2 Å². The van der Waals surface area contributed by atoms with E-state index in [1.807, 2.05) is 45.0 Å².